The monoisotopic (exact) mass is 1110 g/mol. The molecule has 3 aromatic carbocycles. The van der Waals surface area contributed by atoms with Gasteiger partial charge in [-0.2, -0.15) is 4.58 Å². The molecule has 0 aliphatic carbocycles. The summed E-state index contributed by atoms with van der Waals surface area (Å²) in [5.74, 6) is -2.48. The molecule has 1 saturated heterocycles. The molecular weight excluding hydrogens is 1050 g/mol. The van der Waals surface area contributed by atoms with Gasteiger partial charge in [0.2, 0.25) is 5.69 Å². The average molecular weight is 1110 g/mol. The summed E-state index contributed by atoms with van der Waals surface area (Å²) >= 11 is 0. The molecule has 1 fully saturated rings. The molecule has 1 unspecified atom stereocenters. The lowest BCUT2D eigenvalue weighted by molar-refractivity contribution is -0.437. The fourth-order valence-corrected chi connectivity index (χ4v) is 11.4. The van der Waals surface area contributed by atoms with E-state index in [2.05, 4.69) is 6.08 Å². The second-order valence-corrected chi connectivity index (χ2v) is 23.8. The lowest BCUT2D eigenvalue weighted by Gasteiger charge is -2.44. The maximum absolute atomic E-state index is 13.0. The van der Waals surface area contributed by atoms with Gasteiger partial charge in [-0.1, -0.05) is 48.6 Å². The van der Waals surface area contributed by atoms with Gasteiger partial charge < -0.3 is 42.3 Å². The first-order valence-electron chi connectivity index (χ1n) is 24.7. The highest BCUT2D eigenvalue weighted by molar-refractivity contribution is 7.86. The van der Waals surface area contributed by atoms with Crippen molar-refractivity contribution in [2.45, 2.75) is 88.0 Å². The lowest BCUT2D eigenvalue weighted by Crippen LogP contribution is -2.46. The van der Waals surface area contributed by atoms with Crippen molar-refractivity contribution in [1.82, 2.24) is 5.06 Å². The molecule has 3 aromatic rings. The third-order valence-electron chi connectivity index (χ3n) is 13.5. The van der Waals surface area contributed by atoms with Crippen molar-refractivity contribution >= 4 is 82.1 Å². The molecule has 76 heavy (non-hydrogen) atoms. The van der Waals surface area contributed by atoms with Crippen LogP contribution in [0.15, 0.2) is 95.9 Å². The number of hydrogen-bond acceptors (Lipinski definition) is 18. The Morgan fingerprint density at radius 3 is 2.16 bits per heavy atom. The van der Waals surface area contributed by atoms with Crippen molar-refractivity contribution < 1.29 is 81.7 Å². The van der Waals surface area contributed by atoms with Gasteiger partial charge >= 0.3 is 5.97 Å². The number of hydrogen-bond donors (Lipinski definition) is 0. The maximum Gasteiger partial charge on any atom is 0.333 e. The molecule has 4 aliphatic rings. The van der Waals surface area contributed by atoms with Gasteiger partial charge in [0.05, 0.1) is 69.1 Å². The molecule has 20 nitrogen and oxygen atoms in total. The van der Waals surface area contributed by atoms with Crippen molar-refractivity contribution in [2.75, 3.05) is 69.6 Å². The third kappa shape index (κ3) is 14.4. The number of benzene rings is 3. The van der Waals surface area contributed by atoms with E-state index in [1.165, 1.54) is 12.1 Å². The third-order valence-corrected chi connectivity index (χ3v) is 15.9. The predicted octanol–water partition coefficient (Wildman–Crippen LogP) is 5.72. The maximum atomic E-state index is 13.0. The van der Waals surface area contributed by atoms with Gasteiger partial charge in [0.25, 0.3) is 11.8 Å². The molecule has 0 saturated carbocycles. The highest BCUT2D eigenvalue weighted by Crippen LogP contribution is 2.48. The van der Waals surface area contributed by atoms with E-state index >= 15 is 0 Å². The number of carbonyl (C=O) groups excluding carboxylic acids is 3. The van der Waals surface area contributed by atoms with Crippen LogP contribution in [0.3, 0.4) is 0 Å². The van der Waals surface area contributed by atoms with E-state index in [0.717, 1.165) is 28.5 Å². The zero-order chi connectivity index (χ0) is 55.1. The minimum absolute atomic E-state index is 0.0286. The van der Waals surface area contributed by atoms with Crippen molar-refractivity contribution in [3.8, 4) is 5.75 Å². The van der Waals surface area contributed by atoms with E-state index in [4.69, 9.17) is 23.8 Å². The van der Waals surface area contributed by atoms with E-state index in [-0.39, 0.29) is 58.0 Å². The summed E-state index contributed by atoms with van der Waals surface area (Å²) in [5.41, 5.74) is 4.04. The molecule has 410 valence electrons. The minimum Gasteiger partial charge on any atom is -0.748 e. The van der Waals surface area contributed by atoms with Crippen LogP contribution in [0.5, 0.6) is 5.75 Å². The van der Waals surface area contributed by atoms with Crippen LogP contribution in [0.2, 0.25) is 0 Å². The zero-order valence-electron chi connectivity index (χ0n) is 42.7. The van der Waals surface area contributed by atoms with Crippen LogP contribution in [-0.2, 0) is 69.2 Å². The molecule has 0 radical (unpaired) electrons. The molecule has 0 N–H and O–H groups in total. The molecule has 4 aliphatic heterocycles. The number of rotatable bonds is 26. The second kappa shape index (κ2) is 24.2. The van der Waals surface area contributed by atoms with Gasteiger partial charge in [0.1, 0.15) is 28.2 Å². The lowest BCUT2D eigenvalue weighted by atomic mass is 9.75. The molecule has 0 aromatic heterocycles. The smallest absolute Gasteiger partial charge is 0.333 e. The van der Waals surface area contributed by atoms with Crippen molar-refractivity contribution in [3.63, 3.8) is 0 Å². The summed E-state index contributed by atoms with van der Waals surface area (Å²) in [6.07, 6.45) is 9.44. The first-order valence-corrected chi connectivity index (χ1v) is 29.3. The van der Waals surface area contributed by atoms with Gasteiger partial charge in [0, 0.05) is 97.0 Å². The number of allylic oxidation sites excluding steroid dienone is 5. The number of imide groups is 1. The number of nitrogens with zero attached hydrogens (tertiary/aromatic N) is 3. The Labute approximate surface area is 443 Å². The van der Waals surface area contributed by atoms with Gasteiger partial charge in [-0.05, 0) is 81.9 Å². The summed E-state index contributed by atoms with van der Waals surface area (Å²) in [6.45, 7) is 7.92. The van der Waals surface area contributed by atoms with Crippen molar-refractivity contribution in [1.29, 1.82) is 0 Å². The van der Waals surface area contributed by atoms with Crippen LogP contribution < -0.4 is 9.64 Å². The Hall–Kier alpha value is -5.89. The van der Waals surface area contributed by atoms with Crippen molar-refractivity contribution in [3.05, 3.63) is 113 Å². The number of anilines is 1. The largest absolute Gasteiger partial charge is 0.748 e. The number of carbonyl (C=O) groups is 3. The zero-order valence-corrected chi connectivity index (χ0v) is 45.1. The van der Waals surface area contributed by atoms with E-state index < -0.39 is 75.5 Å². The number of methoxy groups -OCH3 is 1. The average Bonchev–Trinajstić information content (AvgIpc) is 3.83. The molecule has 7 rings (SSSR count). The van der Waals surface area contributed by atoms with Crippen LogP contribution in [0.25, 0.3) is 16.9 Å². The summed E-state index contributed by atoms with van der Waals surface area (Å²) in [6, 6.07) is 17.1. The molecule has 2 amide bonds. The van der Waals surface area contributed by atoms with E-state index in [9.17, 15) is 53.3 Å². The molecule has 0 spiro atoms. The SMILES string of the molecule is COCCOCCOCCC1=CC(C)(C)N(CCCS(=O)(=O)[O-])c2cc3c(cc21)/C(=C/C=C/C1=[N+](CCCS(=O)(=O)[O-])c2ccc(S(=O)(=O)[O-])cc2C1(C)CCCC(=O)ON1C(=O)CCC1=O)C=C(c1ccccc1)O3. The summed E-state index contributed by atoms with van der Waals surface area (Å²) in [7, 11) is -12.5. The Balaban J connectivity index is 1.32. The predicted molar refractivity (Wildman–Crippen MR) is 277 cm³/mol. The standard InChI is InChI=1S/C53H63N3O17S3/c1-52(2)36-39(21-25-70-28-29-71-27-26-69-4)41-34-42-38(32-46(37-12-6-5-7-13-37)72-47(42)35-45(41)55(52)24-11-31-75(63,64)65)14-8-15-48-53(3,22-9-16-51(59)73-56-49(57)19-20-50(56)58)43-33-40(76(66,67)68)17-18-44(43)54(48)23-10-30-74(60,61)62/h5-8,12-15,17-18,32-36H,9-11,16,19-31H2,1-4H3,(H2-,60,61,62,63,64,65,66,67,68)/p-2. The highest BCUT2D eigenvalue weighted by atomic mass is 32.2. The van der Waals surface area contributed by atoms with Gasteiger partial charge in [-0.3, -0.25) is 9.59 Å². The Kier molecular flexibility index (Phi) is 18.4. The fourth-order valence-electron chi connectivity index (χ4n) is 9.89. The number of fused-ring (bicyclic) bond motifs is 3. The molecule has 23 heteroatoms. The summed E-state index contributed by atoms with van der Waals surface area (Å²) < 4.78 is 133. The Bertz CT molecular complexity index is 3200. The highest BCUT2D eigenvalue weighted by Gasteiger charge is 2.48. The number of amides is 2. The molecule has 1 atom stereocenters. The second-order valence-electron chi connectivity index (χ2n) is 19.4. The molecule has 0 bridgehead atoms. The quantitative estimate of drug-likeness (QED) is 0.0402. The first kappa shape index (κ1) is 57.8. The first-order chi connectivity index (χ1) is 35.9. The van der Waals surface area contributed by atoms with Crippen LogP contribution in [-0.4, -0.2) is 142 Å². The van der Waals surface area contributed by atoms with Crippen LogP contribution >= 0.6 is 0 Å². The van der Waals surface area contributed by atoms with Gasteiger partial charge in [-0.25, -0.2) is 30.0 Å². The van der Waals surface area contributed by atoms with Crippen LogP contribution in [0.1, 0.15) is 94.4 Å². The Morgan fingerprint density at radius 2 is 1.49 bits per heavy atom. The van der Waals surface area contributed by atoms with Crippen LogP contribution in [0.4, 0.5) is 11.4 Å². The van der Waals surface area contributed by atoms with Gasteiger partial charge in [0.15, 0.2) is 5.71 Å². The van der Waals surface area contributed by atoms with E-state index in [0.29, 0.717) is 84.1 Å². The van der Waals surface area contributed by atoms with Crippen molar-refractivity contribution in [2.24, 2.45) is 0 Å². The summed E-state index contributed by atoms with van der Waals surface area (Å²) in [5, 5.41) is 0.444. The normalized spacial score (nSPS) is 19.0. The number of ether oxygens (including phenoxy) is 4. The van der Waals surface area contributed by atoms with E-state index in [1.807, 2.05) is 73.4 Å². The van der Waals surface area contributed by atoms with Crippen LogP contribution in [0, 0.1) is 0 Å². The van der Waals surface area contributed by atoms with E-state index in [1.54, 1.807) is 30.8 Å². The Morgan fingerprint density at radius 1 is 0.816 bits per heavy atom. The molecular formula is C53H61N3O17S3-2. The summed E-state index contributed by atoms with van der Waals surface area (Å²) in [4.78, 5) is 44.1. The fraction of sp³-hybridized carbons (Fsp3) is 0.434. The molecule has 4 heterocycles. The topological polar surface area (TPSA) is 278 Å². The minimum atomic E-state index is -4.98. The van der Waals surface area contributed by atoms with Gasteiger partial charge in [-0.15, -0.1) is 5.06 Å². The number of hydroxylamine groups is 2.